The number of hydrogen-bond acceptors (Lipinski definition) is 3. The van der Waals surface area contributed by atoms with Gasteiger partial charge in [-0.1, -0.05) is 12.5 Å². The van der Waals surface area contributed by atoms with Gasteiger partial charge >= 0.3 is 0 Å². The summed E-state index contributed by atoms with van der Waals surface area (Å²) >= 11 is 0. The number of piperidine rings is 1. The Kier molecular flexibility index (Phi) is 4.14. The van der Waals surface area contributed by atoms with Crippen LogP contribution in [0.5, 0.6) is 0 Å². The Hall–Kier alpha value is -0.930. The highest BCUT2D eigenvalue weighted by atomic mass is 15.2. The van der Waals surface area contributed by atoms with Crippen molar-refractivity contribution in [2.75, 3.05) is 13.1 Å². The minimum absolute atomic E-state index is 0.713. The molecule has 1 N–H and O–H groups in total. The first kappa shape index (κ1) is 13.1. The molecular formula is C16H25N3. The number of pyridine rings is 1. The van der Waals surface area contributed by atoms with E-state index >= 15 is 0 Å². The molecule has 2 saturated heterocycles. The Labute approximate surface area is 116 Å². The summed E-state index contributed by atoms with van der Waals surface area (Å²) in [6.07, 6.45) is 6.78. The second-order valence-electron chi connectivity index (χ2n) is 6.01. The Morgan fingerprint density at radius 2 is 2.21 bits per heavy atom. The van der Waals surface area contributed by atoms with E-state index in [1.165, 1.54) is 50.9 Å². The van der Waals surface area contributed by atoms with E-state index in [1.807, 2.05) is 0 Å². The quantitative estimate of drug-likeness (QED) is 0.904. The molecule has 19 heavy (non-hydrogen) atoms. The van der Waals surface area contributed by atoms with Crippen molar-refractivity contribution in [2.45, 2.75) is 57.7 Å². The van der Waals surface area contributed by atoms with E-state index in [2.05, 4.69) is 40.3 Å². The topological polar surface area (TPSA) is 28.2 Å². The molecule has 0 radical (unpaired) electrons. The Balaban J connectivity index is 1.69. The number of rotatable bonds is 3. The minimum Gasteiger partial charge on any atom is -0.312 e. The molecule has 0 saturated carbocycles. The SMILES string of the molecule is Cc1cccc(CN2CCCCC2C2CCCN2)n1. The molecule has 0 spiro atoms. The molecule has 3 heteroatoms. The predicted molar refractivity (Wildman–Crippen MR) is 78.0 cm³/mol. The van der Waals surface area contributed by atoms with Crippen LogP contribution in [0.4, 0.5) is 0 Å². The second-order valence-corrected chi connectivity index (χ2v) is 6.01. The highest BCUT2D eigenvalue weighted by molar-refractivity contribution is 5.10. The lowest BCUT2D eigenvalue weighted by Gasteiger charge is -2.39. The van der Waals surface area contributed by atoms with Gasteiger partial charge < -0.3 is 5.32 Å². The summed E-state index contributed by atoms with van der Waals surface area (Å²) in [7, 11) is 0. The summed E-state index contributed by atoms with van der Waals surface area (Å²) in [5.74, 6) is 0. The lowest BCUT2D eigenvalue weighted by molar-refractivity contribution is 0.111. The first-order chi connectivity index (χ1) is 9.33. The summed E-state index contributed by atoms with van der Waals surface area (Å²) in [6, 6.07) is 7.81. The highest BCUT2D eigenvalue weighted by Crippen LogP contribution is 2.25. The van der Waals surface area contributed by atoms with Crippen molar-refractivity contribution in [1.82, 2.24) is 15.2 Å². The number of nitrogens with zero attached hydrogens (tertiary/aromatic N) is 2. The van der Waals surface area contributed by atoms with Crippen molar-refractivity contribution >= 4 is 0 Å². The normalized spacial score (nSPS) is 28.7. The molecule has 3 nitrogen and oxygen atoms in total. The first-order valence-corrected chi connectivity index (χ1v) is 7.73. The molecule has 2 atom stereocenters. The molecule has 0 aromatic carbocycles. The van der Waals surface area contributed by atoms with Crippen LogP contribution in [0.3, 0.4) is 0 Å². The maximum Gasteiger partial charge on any atom is 0.0547 e. The van der Waals surface area contributed by atoms with Crippen LogP contribution in [-0.2, 0) is 6.54 Å². The lowest BCUT2D eigenvalue weighted by atomic mass is 9.94. The van der Waals surface area contributed by atoms with Crippen LogP contribution < -0.4 is 5.32 Å². The van der Waals surface area contributed by atoms with Crippen LogP contribution >= 0.6 is 0 Å². The fourth-order valence-electron chi connectivity index (χ4n) is 3.60. The highest BCUT2D eigenvalue weighted by Gasteiger charge is 2.31. The van der Waals surface area contributed by atoms with Crippen LogP contribution in [0.2, 0.25) is 0 Å². The van der Waals surface area contributed by atoms with Gasteiger partial charge in [0.15, 0.2) is 0 Å². The molecule has 104 valence electrons. The van der Waals surface area contributed by atoms with Crippen molar-refractivity contribution in [1.29, 1.82) is 0 Å². The first-order valence-electron chi connectivity index (χ1n) is 7.73. The van der Waals surface area contributed by atoms with Gasteiger partial charge in [0, 0.05) is 24.3 Å². The van der Waals surface area contributed by atoms with Crippen molar-refractivity contribution in [2.24, 2.45) is 0 Å². The Morgan fingerprint density at radius 3 is 3.00 bits per heavy atom. The molecule has 2 unspecified atom stereocenters. The molecule has 2 aliphatic heterocycles. The maximum atomic E-state index is 4.67. The number of aryl methyl sites for hydroxylation is 1. The minimum atomic E-state index is 0.713. The zero-order chi connectivity index (χ0) is 13.1. The third kappa shape index (κ3) is 3.15. The molecule has 1 aromatic rings. The number of nitrogens with one attached hydrogen (secondary N) is 1. The molecule has 3 rings (SSSR count). The summed E-state index contributed by atoms with van der Waals surface area (Å²) in [6.45, 7) is 5.54. The molecule has 0 aliphatic carbocycles. The van der Waals surface area contributed by atoms with Crippen LogP contribution in [0.1, 0.15) is 43.5 Å². The van der Waals surface area contributed by atoms with E-state index in [9.17, 15) is 0 Å². The van der Waals surface area contributed by atoms with Crippen molar-refractivity contribution in [3.63, 3.8) is 0 Å². The van der Waals surface area contributed by atoms with Gasteiger partial charge in [0.2, 0.25) is 0 Å². The van der Waals surface area contributed by atoms with E-state index in [-0.39, 0.29) is 0 Å². The van der Waals surface area contributed by atoms with E-state index in [0.29, 0.717) is 6.04 Å². The van der Waals surface area contributed by atoms with Crippen LogP contribution in [-0.4, -0.2) is 35.1 Å². The molecule has 2 aliphatic rings. The van der Waals surface area contributed by atoms with E-state index < -0.39 is 0 Å². The van der Waals surface area contributed by atoms with Gasteiger partial charge in [0.25, 0.3) is 0 Å². The Bertz CT molecular complexity index is 412. The standard InChI is InChI=1S/C16H25N3/c1-13-6-4-7-14(18-13)12-19-11-3-2-9-16(19)15-8-5-10-17-15/h4,6-7,15-17H,2-3,5,8-12H2,1H3. The molecule has 0 bridgehead atoms. The van der Waals surface area contributed by atoms with E-state index in [4.69, 9.17) is 0 Å². The van der Waals surface area contributed by atoms with E-state index in [0.717, 1.165) is 18.3 Å². The number of aromatic nitrogens is 1. The van der Waals surface area contributed by atoms with Crippen LogP contribution in [0.25, 0.3) is 0 Å². The van der Waals surface area contributed by atoms with Gasteiger partial charge in [-0.15, -0.1) is 0 Å². The summed E-state index contributed by atoms with van der Waals surface area (Å²) in [4.78, 5) is 7.33. The van der Waals surface area contributed by atoms with Gasteiger partial charge in [-0.3, -0.25) is 9.88 Å². The largest absolute Gasteiger partial charge is 0.312 e. The van der Waals surface area contributed by atoms with E-state index in [1.54, 1.807) is 0 Å². The number of likely N-dealkylation sites (tertiary alicyclic amines) is 1. The van der Waals surface area contributed by atoms with Gasteiger partial charge in [-0.05, 0) is 57.8 Å². The van der Waals surface area contributed by atoms with Crippen molar-refractivity contribution in [3.05, 3.63) is 29.6 Å². The monoisotopic (exact) mass is 259 g/mol. The smallest absolute Gasteiger partial charge is 0.0547 e. The fraction of sp³-hybridized carbons (Fsp3) is 0.688. The third-order valence-electron chi connectivity index (χ3n) is 4.54. The lowest BCUT2D eigenvalue weighted by Crippen LogP contribution is -2.49. The van der Waals surface area contributed by atoms with Crippen LogP contribution in [0.15, 0.2) is 18.2 Å². The van der Waals surface area contributed by atoms with Crippen LogP contribution in [0, 0.1) is 6.92 Å². The van der Waals surface area contributed by atoms with Gasteiger partial charge in [0.05, 0.1) is 5.69 Å². The van der Waals surface area contributed by atoms with Crippen molar-refractivity contribution < 1.29 is 0 Å². The molecule has 3 heterocycles. The summed E-state index contributed by atoms with van der Waals surface area (Å²) in [5, 5.41) is 3.69. The molecule has 2 fully saturated rings. The van der Waals surface area contributed by atoms with Gasteiger partial charge in [0.1, 0.15) is 0 Å². The van der Waals surface area contributed by atoms with Gasteiger partial charge in [-0.25, -0.2) is 0 Å². The fourth-order valence-corrected chi connectivity index (χ4v) is 3.60. The van der Waals surface area contributed by atoms with Gasteiger partial charge in [-0.2, -0.15) is 0 Å². The predicted octanol–water partition coefficient (Wildman–Crippen LogP) is 2.50. The zero-order valence-electron chi connectivity index (χ0n) is 11.9. The summed E-state index contributed by atoms with van der Waals surface area (Å²) in [5.41, 5.74) is 2.36. The second kappa shape index (κ2) is 6.02. The number of hydrogen-bond donors (Lipinski definition) is 1. The summed E-state index contributed by atoms with van der Waals surface area (Å²) < 4.78 is 0. The zero-order valence-corrected chi connectivity index (χ0v) is 11.9. The Morgan fingerprint density at radius 1 is 1.26 bits per heavy atom. The molecule has 0 amide bonds. The molecular weight excluding hydrogens is 234 g/mol. The average Bonchev–Trinajstić information content (AvgIpc) is 2.93. The average molecular weight is 259 g/mol. The maximum absolute atomic E-state index is 4.67. The molecule has 1 aromatic heterocycles. The third-order valence-corrected chi connectivity index (χ3v) is 4.54. The van der Waals surface area contributed by atoms with Crippen molar-refractivity contribution in [3.8, 4) is 0 Å².